The average molecular weight is 1100 g/mol. The molecule has 0 spiro atoms. The maximum Gasteiger partial charge on any atom is 0.220 e. The summed E-state index contributed by atoms with van der Waals surface area (Å²) >= 11 is 3.46. The summed E-state index contributed by atoms with van der Waals surface area (Å²) in [7, 11) is -0.417. The van der Waals surface area contributed by atoms with Crippen LogP contribution >= 0.6 is 22.7 Å². The largest absolute Gasteiger partial charge is 0.416 e. The van der Waals surface area contributed by atoms with Gasteiger partial charge < -0.3 is 38.9 Å². The van der Waals surface area contributed by atoms with Gasteiger partial charge in [-0.15, -0.1) is 22.7 Å². The summed E-state index contributed by atoms with van der Waals surface area (Å²) in [6.45, 7) is 30.1. The summed E-state index contributed by atoms with van der Waals surface area (Å²) in [5.74, 6) is 2.38. The monoisotopic (exact) mass is 1100 g/mol. The van der Waals surface area contributed by atoms with Gasteiger partial charge in [0.15, 0.2) is 16.6 Å². The van der Waals surface area contributed by atoms with Crippen LogP contribution in [0.3, 0.4) is 0 Å². The molecule has 0 bridgehead atoms. The van der Waals surface area contributed by atoms with Gasteiger partial charge in [-0.1, -0.05) is 107 Å². The topological polar surface area (TPSA) is 176 Å². The quantitative estimate of drug-likeness (QED) is 0.0433. The van der Waals surface area contributed by atoms with Crippen LogP contribution in [0.2, 0.25) is 33.2 Å². The number of ether oxygens (including phenoxy) is 2. The van der Waals surface area contributed by atoms with Crippen LogP contribution < -0.4 is 11.5 Å². The Labute approximate surface area is 461 Å². The van der Waals surface area contributed by atoms with Gasteiger partial charge >= 0.3 is 0 Å². The van der Waals surface area contributed by atoms with Gasteiger partial charge in [-0.05, 0) is 104 Å². The van der Waals surface area contributed by atoms with Crippen molar-refractivity contribution in [2.24, 2.45) is 0 Å². The fraction of sp³-hybridized carbons (Fsp3) is 0.483. The molecule has 6 aromatic heterocycles. The van der Waals surface area contributed by atoms with Gasteiger partial charge in [-0.3, -0.25) is 0 Å². The average Bonchev–Trinajstić information content (AvgIpc) is 4.20. The summed E-state index contributed by atoms with van der Waals surface area (Å²) in [4.78, 5) is 27.7. The van der Waals surface area contributed by atoms with E-state index in [1.54, 1.807) is 49.3 Å². The Morgan fingerprint density at radius 3 is 1.20 bits per heavy atom. The van der Waals surface area contributed by atoms with E-state index in [4.69, 9.17) is 39.8 Å². The van der Waals surface area contributed by atoms with Crippen molar-refractivity contribution in [1.82, 2.24) is 39.0 Å². The minimum atomic E-state index is -1.91. The molecule has 0 fully saturated rings. The molecule has 0 aliphatic rings. The second-order valence-corrected chi connectivity index (χ2v) is 34.4. The Balaban J connectivity index is 0.000000221. The molecule has 0 saturated heterocycles. The summed E-state index contributed by atoms with van der Waals surface area (Å²) < 4.78 is 31.7. The van der Waals surface area contributed by atoms with E-state index < -0.39 is 16.6 Å². The van der Waals surface area contributed by atoms with Gasteiger partial charge in [0.1, 0.15) is 25.1 Å². The smallest absolute Gasteiger partial charge is 0.220 e. The highest BCUT2D eigenvalue weighted by atomic mass is 32.1. The molecule has 0 amide bonds. The summed E-state index contributed by atoms with van der Waals surface area (Å²) in [5.41, 5.74) is 22.5. The normalized spacial score (nSPS) is 12.5. The van der Waals surface area contributed by atoms with E-state index in [2.05, 4.69) is 171 Å². The van der Waals surface area contributed by atoms with Crippen molar-refractivity contribution in [1.29, 1.82) is 0 Å². The molecule has 8 aromatic rings. The molecule has 408 valence electrons. The number of fused-ring (bicyclic) bond motifs is 2. The van der Waals surface area contributed by atoms with Crippen LogP contribution in [-0.4, -0.2) is 83.1 Å². The second kappa shape index (κ2) is 26.0. The number of rotatable bonds is 24. The Morgan fingerprint density at radius 2 is 0.868 bits per heavy atom. The Hall–Kier alpha value is -5.19. The van der Waals surface area contributed by atoms with E-state index in [1.165, 1.54) is 20.2 Å². The van der Waals surface area contributed by atoms with Gasteiger partial charge in [0, 0.05) is 73.2 Å². The lowest BCUT2D eigenvalue weighted by Gasteiger charge is -2.42. The lowest BCUT2D eigenvalue weighted by Crippen LogP contribution is -2.48. The molecule has 18 heteroatoms. The Morgan fingerprint density at radius 1 is 0.500 bits per heavy atom. The maximum atomic E-state index is 6.83. The van der Waals surface area contributed by atoms with E-state index in [1.807, 2.05) is 12.1 Å². The molecule has 76 heavy (non-hydrogen) atoms. The molecule has 0 atom stereocenters. The number of aromatic nitrogens is 8. The fourth-order valence-corrected chi connectivity index (χ4v) is 24.7. The summed E-state index contributed by atoms with van der Waals surface area (Å²) in [5, 5.41) is 6.69. The van der Waals surface area contributed by atoms with E-state index >= 15 is 0 Å². The lowest BCUT2D eigenvalue weighted by atomic mass is 10.1. The number of aryl methyl sites for hydroxylation is 2. The number of thiophene rings is 2. The SMILES string of the molecule is COCn1c(CCCO[Si](C(C)C)(C(C)C)C(C)C)nc(-c2ccc3ccsc3c2)c1-c1ccnc(N)n1.COCn1c(CCCO[Si](C(C)C)(C(C)C)C(C)C)nc(-c2ccc3ccsc3c2)c1-c1ccnc(N)n1. The first kappa shape index (κ1) is 58.5. The molecule has 2 aromatic carbocycles. The van der Waals surface area contributed by atoms with Crippen LogP contribution in [0.5, 0.6) is 0 Å². The predicted molar refractivity (Wildman–Crippen MR) is 322 cm³/mol. The molecule has 6 heterocycles. The van der Waals surface area contributed by atoms with E-state index in [0.29, 0.717) is 46.7 Å². The van der Waals surface area contributed by atoms with Gasteiger partial charge in [-0.25, -0.2) is 29.9 Å². The van der Waals surface area contributed by atoms with Gasteiger partial charge in [0.2, 0.25) is 11.9 Å². The molecule has 8 rings (SSSR count). The van der Waals surface area contributed by atoms with Crippen molar-refractivity contribution < 1.29 is 18.3 Å². The fourth-order valence-electron chi connectivity index (χ4n) is 12.0. The van der Waals surface area contributed by atoms with Gasteiger partial charge in [0.25, 0.3) is 0 Å². The first-order valence-corrected chi connectivity index (χ1v) is 33.0. The van der Waals surface area contributed by atoms with Crippen molar-refractivity contribution in [3.05, 3.63) is 95.5 Å². The van der Waals surface area contributed by atoms with Crippen LogP contribution in [0, 0.1) is 0 Å². The highest BCUT2D eigenvalue weighted by Gasteiger charge is 2.46. The number of nitrogens with zero attached hydrogens (tertiary/aromatic N) is 8. The molecule has 14 nitrogen and oxygen atoms in total. The molecule has 0 radical (unpaired) electrons. The predicted octanol–water partition coefficient (Wildman–Crippen LogP) is 15.1. The highest BCUT2D eigenvalue weighted by Crippen LogP contribution is 2.44. The number of imidazole rings is 2. The minimum Gasteiger partial charge on any atom is -0.416 e. The van der Waals surface area contributed by atoms with Crippen molar-refractivity contribution in [2.45, 2.75) is 155 Å². The molecular formula is C58H82N10O4S2Si2. The maximum absolute atomic E-state index is 6.83. The first-order valence-electron chi connectivity index (χ1n) is 26.9. The van der Waals surface area contributed by atoms with Crippen molar-refractivity contribution in [3.63, 3.8) is 0 Å². The highest BCUT2D eigenvalue weighted by molar-refractivity contribution is 7.17. The number of hydrogen-bond acceptors (Lipinski definition) is 14. The molecule has 0 saturated carbocycles. The molecule has 0 unspecified atom stereocenters. The van der Waals surface area contributed by atoms with Crippen LogP contribution in [0.25, 0.3) is 65.5 Å². The van der Waals surface area contributed by atoms with Crippen molar-refractivity contribution in [2.75, 3.05) is 38.9 Å². The van der Waals surface area contributed by atoms with E-state index in [0.717, 1.165) is 95.8 Å². The number of nitrogen functional groups attached to an aromatic ring is 2. The van der Waals surface area contributed by atoms with Crippen LogP contribution in [-0.2, 0) is 44.6 Å². The third-order valence-electron chi connectivity index (χ3n) is 15.1. The minimum absolute atomic E-state index is 0.236. The summed E-state index contributed by atoms with van der Waals surface area (Å²) in [6, 6.07) is 21.0. The molecule has 0 aliphatic carbocycles. The van der Waals surface area contributed by atoms with E-state index in [9.17, 15) is 0 Å². The van der Waals surface area contributed by atoms with Crippen LogP contribution in [0.4, 0.5) is 11.9 Å². The van der Waals surface area contributed by atoms with Gasteiger partial charge in [-0.2, -0.15) is 0 Å². The van der Waals surface area contributed by atoms with Crippen LogP contribution in [0.15, 0.2) is 83.8 Å². The number of hydrogen-bond donors (Lipinski definition) is 2. The zero-order valence-electron chi connectivity index (χ0n) is 47.4. The first-order chi connectivity index (χ1) is 36.4. The molecule has 4 N–H and O–H groups in total. The van der Waals surface area contributed by atoms with Crippen molar-refractivity contribution >= 4 is 71.4 Å². The number of benzene rings is 2. The van der Waals surface area contributed by atoms with Gasteiger partial charge in [0.05, 0.1) is 34.2 Å². The zero-order valence-corrected chi connectivity index (χ0v) is 51.0. The number of methoxy groups -OCH3 is 2. The standard InChI is InChI=1S/2C29H41N5O2SSi/c2*1-19(2)38(20(3)4,21(5)6)36-15-8-9-26-33-27(23-11-10-22-13-16-37-25(22)17-23)28(34(26)18-35-7)24-12-14-31-29(30)32-24/h2*10-14,16-17,19-21H,8-9,15,18H2,1-7H3,(H2,30,31,32). The van der Waals surface area contributed by atoms with Crippen molar-refractivity contribution in [3.8, 4) is 45.3 Å². The van der Waals surface area contributed by atoms with E-state index in [-0.39, 0.29) is 11.9 Å². The Bertz CT molecular complexity index is 2890. The Kier molecular flexibility index (Phi) is 20.0. The third-order valence-corrected chi connectivity index (χ3v) is 29.1. The second-order valence-electron chi connectivity index (χ2n) is 21.6. The zero-order chi connectivity index (χ0) is 54.9. The lowest BCUT2D eigenvalue weighted by molar-refractivity contribution is 0.129. The third kappa shape index (κ3) is 12.5. The summed E-state index contributed by atoms with van der Waals surface area (Å²) in [6.07, 6.45) is 6.70. The molecular weight excluding hydrogens is 1020 g/mol. The molecule has 0 aliphatic heterocycles. The number of anilines is 2. The van der Waals surface area contributed by atoms with Crippen LogP contribution in [0.1, 0.15) is 108 Å². The number of nitrogens with two attached hydrogens (primary N) is 2.